The van der Waals surface area contributed by atoms with E-state index in [0.717, 1.165) is 22.8 Å². The Kier molecular flexibility index (Phi) is 5.30. The van der Waals surface area contributed by atoms with E-state index in [-0.39, 0.29) is 10.9 Å². The highest BCUT2D eigenvalue weighted by Crippen LogP contribution is 2.27. The van der Waals surface area contributed by atoms with Crippen molar-refractivity contribution in [3.63, 3.8) is 0 Å². The molecule has 1 aromatic rings. The van der Waals surface area contributed by atoms with E-state index in [1.54, 1.807) is 25.3 Å². The number of hydrogen-bond donors (Lipinski definition) is 1. The van der Waals surface area contributed by atoms with Crippen molar-refractivity contribution >= 4 is 32.6 Å². The third-order valence-electron chi connectivity index (χ3n) is 3.85. The predicted octanol–water partition coefficient (Wildman–Crippen LogP) is 3.16. The molecule has 2 rings (SSSR count). The quantitative estimate of drug-likeness (QED) is 0.778. The molecule has 6 heteroatoms. The van der Waals surface area contributed by atoms with Gasteiger partial charge in [0.05, 0.1) is 15.6 Å². The maximum atomic E-state index is 12.5. The summed E-state index contributed by atoms with van der Waals surface area (Å²) in [5, 5.41) is 0. The molecule has 20 heavy (non-hydrogen) atoms. The average Bonchev–Trinajstić information content (AvgIpc) is 2.41. The van der Waals surface area contributed by atoms with Crippen LogP contribution in [0.3, 0.4) is 0 Å². The van der Waals surface area contributed by atoms with Crippen LogP contribution in [0.1, 0.15) is 32.6 Å². The summed E-state index contributed by atoms with van der Waals surface area (Å²) in [5.74, 6) is 0.981. The van der Waals surface area contributed by atoms with Crippen molar-refractivity contribution in [2.24, 2.45) is 5.92 Å². The minimum absolute atomic E-state index is 0.0408. The van der Waals surface area contributed by atoms with E-state index in [4.69, 9.17) is 4.74 Å². The van der Waals surface area contributed by atoms with Gasteiger partial charge in [-0.05, 0) is 53.5 Å². The van der Waals surface area contributed by atoms with Gasteiger partial charge in [-0.25, -0.2) is 13.1 Å². The van der Waals surface area contributed by atoms with E-state index in [1.807, 2.05) is 0 Å². The highest BCUT2D eigenvalue weighted by Gasteiger charge is 2.27. The lowest BCUT2D eigenvalue weighted by Crippen LogP contribution is -2.40. The normalized spacial score (nSPS) is 23.6. The number of methoxy groups -OCH3 is 1. The Hall–Kier alpha value is -0.340. The van der Waals surface area contributed by atoms with Crippen LogP contribution in [0.2, 0.25) is 0 Å². The van der Waals surface area contributed by atoms with Gasteiger partial charge in [-0.1, -0.05) is 19.8 Å². The second-order valence-corrected chi connectivity index (χ2v) is 8.16. The summed E-state index contributed by atoms with van der Waals surface area (Å²) in [6, 6.07) is 5.01. The number of rotatable bonds is 4. The van der Waals surface area contributed by atoms with Crippen LogP contribution in [-0.2, 0) is 10.0 Å². The molecular weight excluding hydrogens is 389 g/mol. The highest BCUT2D eigenvalue weighted by molar-refractivity contribution is 14.1. The predicted molar refractivity (Wildman–Crippen MR) is 87.5 cm³/mol. The van der Waals surface area contributed by atoms with E-state index in [1.165, 1.54) is 6.42 Å². The van der Waals surface area contributed by atoms with Crippen LogP contribution in [0.5, 0.6) is 5.75 Å². The molecule has 0 aromatic heterocycles. The van der Waals surface area contributed by atoms with Crippen LogP contribution in [-0.4, -0.2) is 21.6 Å². The zero-order valence-electron chi connectivity index (χ0n) is 11.7. The molecule has 0 radical (unpaired) electrons. The zero-order valence-corrected chi connectivity index (χ0v) is 14.7. The summed E-state index contributed by atoms with van der Waals surface area (Å²) in [4.78, 5) is 0.271. The third kappa shape index (κ3) is 3.65. The average molecular weight is 409 g/mol. The summed E-state index contributed by atoms with van der Waals surface area (Å²) in [7, 11) is -1.93. The van der Waals surface area contributed by atoms with Crippen molar-refractivity contribution in [2.75, 3.05) is 7.11 Å². The second-order valence-electron chi connectivity index (χ2n) is 5.29. The highest BCUT2D eigenvalue weighted by atomic mass is 127. The molecule has 1 saturated carbocycles. The van der Waals surface area contributed by atoms with Gasteiger partial charge >= 0.3 is 0 Å². The minimum Gasteiger partial charge on any atom is -0.496 e. The maximum Gasteiger partial charge on any atom is 0.240 e. The Morgan fingerprint density at radius 2 is 2.00 bits per heavy atom. The molecule has 0 spiro atoms. The van der Waals surface area contributed by atoms with Crippen molar-refractivity contribution in [3.05, 3.63) is 21.8 Å². The molecule has 1 N–H and O–H groups in total. The second kappa shape index (κ2) is 6.62. The van der Waals surface area contributed by atoms with Gasteiger partial charge in [-0.3, -0.25) is 0 Å². The summed E-state index contributed by atoms with van der Waals surface area (Å²) < 4.78 is 33.8. The molecule has 0 saturated heterocycles. The van der Waals surface area contributed by atoms with Gasteiger partial charge < -0.3 is 4.74 Å². The van der Waals surface area contributed by atoms with Gasteiger partial charge in [0.15, 0.2) is 0 Å². The molecule has 1 fully saturated rings. The first kappa shape index (κ1) is 16.0. The fourth-order valence-electron chi connectivity index (χ4n) is 2.57. The van der Waals surface area contributed by atoms with Crippen LogP contribution in [0.4, 0.5) is 0 Å². The lowest BCUT2D eigenvalue weighted by Gasteiger charge is -2.29. The number of ether oxygens (including phenoxy) is 1. The van der Waals surface area contributed by atoms with Gasteiger partial charge in [0.25, 0.3) is 0 Å². The Morgan fingerprint density at radius 1 is 1.30 bits per heavy atom. The van der Waals surface area contributed by atoms with Crippen LogP contribution in [0.15, 0.2) is 23.1 Å². The number of sulfonamides is 1. The Balaban J connectivity index is 2.21. The first-order valence-corrected chi connectivity index (χ1v) is 9.36. The number of halogens is 1. The van der Waals surface area contributed by atoms with Crippen molar-refractivity contribution in [1.29, 1.82) is 0 Å². The molecule has 1 aromatic carbocycles. The van der Waals surface area contributed by atoms with Crippen LogP contribution >= 0.6 is 22.6 Å². The van der Waals surface area contributed by atoms with Gasteiger partial charge in [0.2, 0.25) is 10.0 Å². The van der Waals surface area contributed by atoms with Crippen molar-refractivity contribution < 1.29 is 13.2 Å². The lowest BCUT2D eigenvalue weighted by molar-refractivity contribution is 0.310. The smallest absolute Gasteiger partial charge is 0.240 e. The first-order valence-electron chi connectivity index (χ1n) is 6.80. The van der Waals surface area contributed by atoms with E-state index in [9.17, 15) is 8.42 Å². The SMILES string of the molecule is COc1cc(S(=O)(=O)NC2CCCCC2C)ccc1I. The molecule has 4 nitrogen and oxygen atoms in total. The van der Waals surface area contributed by atoms with E-state index in [0.29, 0.717) is 11.7 Å². The molecule has 0 amide bonds. The Labute approximate surface area is 134 Å². The van der Waals surface area contributed by atoms with Crippen LogP contribution < -0.4 is 9.46 Å². The fraction of sp³-hybridized carbons (Fsp3) is 0.571. The third-order valence-corrected chi connectivity index (χ3v) is 6.23. The minimum atomic E-state index is -3.48. The molecule has 0 heterocycles. The number of hydrogen-bond acceptors (Lipinski definition) is 3. The Bertz CT molecular complexity index is 574. The standard InChI is InChI=1S/C14H20INO3S/c1-10-5-3-4-6-13(10)16-20(17,18)11-7-8-12(15)14(9-11)19-2/h7-10,13,16H,3-6H2,1-2H3. The molecule has 2 unspecified atom stereocenters. The molecule has 112 valence electrons. The molecule has 1 aliphatic rings. The van der Waals surface area contributed by atoms with Crippen LogP contribution in [0, 0.1) is 9.49 Å². The van der Waals surface area contributed by atoms with Gasteiger partial charge in [-0.2, -0.15) is 0 Å². The van der Waals surface area contributed by atoms with Gasteiger partial charge in [0.1, 0.15) is 5.75 Å². The topological polar surface area (TPSA) is 55.4 Å². The summed E-state index contributed by atoms with van der Waals surface area (Å²) >= 11 is 2.12. The Morgan fingerprint density at radius 3 is 2.65 bits per heavy atom. The lowest BCUT2D eigenvalue weighted by atomic mass is 9.87. The zero-order chi connectivity index (χ0) is 14.8. The molecule has 0 bridgehead atoms. The van der Waals surface area contributed by atoms with Crippen molar-refractivity contribution in [1.82, 2.24) is 4.72 Å². The van der Waals surface area contributed by atoms with Gasteiger partial charge in [0, 0.05) is 12.1 Å². The van der Waals surface area contributed by atoms with Crippen molar-refractivity contribution in [2.45, 2.75) is 43.5 Å². The fourth-order valence-corrected chi connectivity index (χ4v) is 4.52. The first-order chi connectivity index (χ1) is 9.44. The monoisotopic (exact) mass is 409 g/mol. The summed E-state index contributed by atoms with van der Waals surface area (Å²) in [5.41, 5.74) is 0. The molecular formula is C14H20INO3S. The summed E-state index contributed by atoms with van der Waals surface area (Å²) in [6.07, 6.45) is 4.29. The van der Waals surface area contributed by atoms with Gasteiger partial charge in [-0.15, -0.1) is 0 Å². The number of benzene rings is 1. The largest absolute Gasteiger partial charge is 0.496 e. The van der Waals surface area contributed by atoms with Crippen LogP contribution in [0.25, 0.3) is 0 Å². The molecule has 0 aliphatic heterocycles. The molecule has 1 aliphatic carbocycles. The van der Waals surface area contributed by atoms with E-state index >= 15 is 0 Å². The van der Waals surface area contributed by atoms with E-state index < -0.39 is 10.0 Å². The summed E-state index contributed by atoms with van der Waals surface area (Å²) in [6.45, 7) is 2.11. The maximum absolute atomic E-state index is 12.5. The molecule has 2 atom stereocenters. The number of nitrogens with one attached hydrogen (secondary N) is 1. The van der Waals surface area contributed by atoms with E-state index in [2.05, 4.69) is 34.2 Å². The van der Waals surface area contributed by atoms with Crippen molar-refractivity contribution in [3.8, 4) is 5.75 Å².